The normalized spacial score (nSPS) is 48.3. The minimum atomic E-state index is -0.429. The molecule has 0 amide bonds. The first-order chi connectivity index (χ1) is 5.77. The van der Waals surface area contributed by atoms with Crippen LogP contribution in [-0.2, 0) is 19.1 Å². The van der Waals surface area contributed by atoms with Crippen molar-refractivity contribution < 1.29 is 19.1 Å². The van der Waals surface area contributed by atoms with E-state index in [1.807, 2.05) is 12.2 Å². The highest BCUT2D eigenvalue weighted by Crippen LogP contribution is 2.43. The van der Waals surface area contributed by atoms with Crippen molar-refractivity contribution in [2.24, 2.45) is 11.8 Å². The molecule has 3 heterocycles. The number of fused-ring (bicyclic) bond motifs is 5. The Kier molecular flexibility index (Phi) is 0.939. The summed E-state index contributed by atoms with van der Waals surface area (Å²) in [6.07, 6.45) is 3.20. The summed E-state index contributed by atoms with van der Waals surface area (Å²) in [6.45, 7) is 0. The lowest BCUT2D eigenvalue weighted by molar-refractivity contribution is -0.156. The molecule has 0 spiro atoms. The van der Waals surface area contributed by atoms with E-state index in [-0.39, 0.29) is 24.0 Å². The summed E-state index contributed by atoms with van der Waals surface area (Å²) in [5.41, 5.74) is 0. The summed E-state index contributed by atoms with van der Waals surface area (Å²) < 4.78 is 9.86. The van der Waals surface area contributed by atoms with Crippen molar-refractivity contribution >= 4 is 11.9 Å². The lowest BCUT2D eigenvalue weighted by atomic mass is 9.85. The molecule has 0 unspecified atom stereocenters. The zero-order valence-corrected chi connectivity index (χ0v) is 6.10. The van der Waals surface area contributed by atoms with Gasteiger partial charge in [0.1, 0.15) is 11.8 Å². The van der Waals surface area contributed by atoms with Crippen LogP contribution in [0.1, 0.15) is 0 Å². The van der Waals surface area contributed by atoms with Crippen LogP contribution in [-0.4, -0.2) is 24.1 Å². The molecule has 0 saturated carbocycles. The third kappa shape index (κ3) is 0.536. The first-order valence-electron chi connectivity index (χ1n) is 3.87. The van der Waals surface area contributed by atoms with E-state index in [9.17, 15) is 9.59 Å². The molecule has 2 saturated heterocycles. The van der Waals surface area contributed by atoms with Gasteiger partial charge in [-0.2, -0.15) is 0 Å². The molecule has 3 aliphatic rings. The van der Waals surface area contributed by atoms with E-state index < -0.39 is 11.9 Å². The van der Waals surface area contributed by atoms with Gasteiger partial charge in [0.05, 0.1) is 12.2 Å². The Hall–Kier alpha value is -1.16. The van der Waals surface area contributed by atoms with E-state index in [2.05, 4.69) is 4.74 Å². The number of esters is 2. The van der Waals surface area contributed by atoms with Crippen molar-refractivity contribution in [3.63, 3.8) is 0 Å². The Bertz CT molecular complexity index is 278. The van der Waals surface area contributed by atoms with E-state index in [1.54, 1.807) is 0 Å². The van der Waals surface area contributed by atoms with Crippen molar-refractivity contribution in [3.05, 3.63) is 12.2 Å². The molecule has 3 rings (SSSR count). The van der Waals surface area contributed by atoms with Gasteiger partial charge in [0.15, 0.2) is 0 Å². The van der Waals surface area contributed by atoms with Gasteiger partial charge in [0.25, 0.3) is 0 Å². The quantitative estimate of drug-likeness (QED) is 0.280. The average molecular weight is 166 g/mol. The second-order valence-electron chi connectivity index (χ2n) is 3.24. The van der Waals surface area contributed by atoms with Crippen LogP contribution in [0.25, 0.3) is 0 Å². The summed E-state index contributed by atoms with van der Waals surface area (Å²) in [7, 11) is 0. The molecular weight excluding hydrogens is 160 g/mol. The van der Waals surface area contributed by atoms with E-state index in [0.717, 1.165) is 0 Å². The SMILES string of the molecule is O=C1OC(=O)[C@H]2[C@H]1[C@H]1C=C[C@H]2O1. The lowest BCUT2D eigenvalue weighted by Gasteiger charge is -2.08. The number of carbonyl (C=O) groups is 2. The predicted molar refractivity (Wildman–Crippen MR) is 35.9 cm³/mol. The zero-order valence-electron chi connectivity index (χ0n) is 6.10. The van der Waals surface area contributed by atoms with Gasteiger partial charge >= 0.3 is 11.9 Å². The average Bonchev–Trinajstić information content (AvgIpc) is 2.64. The fourth-order valence-corrected chi connectivity index (χ4v) is 2.11. The fraction of sp³-hybridized carbons (Fsp3) is 0.500. The first kappa shape index (κ1) is 6.37. The number of hydrogen-bond acceptors (Lipinski definition) is 4. The van der Waals surface area contributed by atoms with Crippen LogP contribution >= 0.6 is 0 Å². The molecule has 0 aliphatic carbocycles. The second-order valence-corrected chi connectivity index (χ2v) is 3.24. The van der Waals surface area contributed by atoms with Gasteiger partial charge in [0.2, 0.25) is 0 Å². The molecule has 2 bridgehead atoms. The topological polar surface area (TPSA) is 52.6 Å². The molecule has 2 fully saturated rings. The molecule has 0 radical (unpaired) electrons. The third-order valence-electron chi connectivity index (χ3n) is 2.65. The van der Waals surface area contributed by atoms with Gasteiger partial charge in [-0.05, 0) is 0 Å². The van der Waals surface area contributed by atoms with Crippen molar-refractivity contribution in [2.45, 2.75) is 12.2 Å². The van der Waals surface area contributed by atoms with Crippen molar-refractivity contribution in [3.8, 4) is 0 Å². The molecule has 12 heavy (non-hydrogen) atoms. The summed E-state index contributed by atoms with van der Waals surface area (Å²) in [4.78, 5) is 22.2. The Labute approximate surface area is 68.1 Å². The zero-order chi connectivity index (χ0) is 8.29. The maximum Gasteiger partial charge on any atom is 0.320 e. The predicted octanol–water partition coefficient (Wildman–Crippen LogP) is -0.361. The van der Waals surface area contributed by atoms with Gasteiger partial charge in [0, 0.05) is 0 Å². The van der Waals surface area contributed by atoms with Crippen molar-refractivity contribution in [1.82, 2.24) is 0 Å². The fourth-order valence-electron chi connectivity index (χ4n) is 2.11. The molecule has 3 aliphatic heterocycles. The molecule has 4 nitrogen and oxygen atoms in total. The van der Waals surface area contributed by atoms with Crippen LogP contribution in [0, 0.1) is 11.8 Å². The van der Waals surface area contributed by atoms with Crippen LogP contribution in [0.4, 0.5) is 0 Å². The highest BCUT2D eigenvalue weighted by molar-refractivity contribution is 5.98. The van der Waals surface area contributed by atoms with Crippen LogP contribution < -0.4 is 0 Å². The maximum atomic E-state index is 11.1. The van der Waals surface area contributed by atoms with Crippen LogP contribution in [0.15, 0.2) is 12.2 Å². The monoisotopic (exact) mass is 166 g/mol. The summed E-state index contributed by atoms with van der Waals surface area (Å²) in [5.74, 6) is -1.59. The molecule has 0 N–H and O–H groups in total. The maximum absolute atomic E-state index is 11.1. The van der Waals surface area contributed by atoms with Crippen LogP contribution in [0.5, 0.6) is 0 Å². The number of ether oxygens (including phenoxy) is 2. The molecule has 0 aromatic heterocycles. The van der Waals surface area contributed by atoms with Gasteiger partial charge in [-0.3, -0.25) is 9.59 Å². The number of hydrogen-bond donors (Lipinski definition) is 0. The molecule has 0 aromatic carbocycles. The lowest BCUT2D eigenvalue weighted by Crippen LogP contribution is -2.26. The van der Waals surface area contributed by atoms with Crippen molar-refractivity contribution in [2.75, 3.05) is 0 Å². The Morgan fingerprint density at radius 1 is 1.00 bits per heavy atom. The standard InChI is InChI=1S/C8H6O4/c9-7-5-3-1-2-4(11-3)6(5)8(10)12-7/h1-6H/t3-,4-,5-,6-/m1/s1. The molecule has 4 atom stereocenters. The van der Waals surface area contributed by atoms with Gasteiger partial charge < -0.3 is 9.47 Å². The summed E-state index contributed by atoms with van der Waals surface area (Å²) in [6, 6.07) is 0. The largest absolute Gasteiger partial charge is 0.393 e. The molecule has 62 valence electrons. The summed E-state index contributed by atoms with van der Waals surface area (Å²) >= 11 is 0. The van der Waals surface area contributed by atoms with E-state index >= 15 is 0 Å². The minimum Gasteiger partial charge on any atom is -0.393 e. The van der Waals surface area contributed by atoms with E-state index in [0.29, 0.717) is 0 Å². The van der Waals surface area contributed by atoms with Gasteiger partial charge in [-0.25, -0.2) is 0 Å². The molecule has 4 heteroatoms. The number of carbonyl (C=O) groups excluding carboxylic acids is 2. The molecule has 0 aromatic rings. The number of cyclic esters (lactones) is 2. The number of rotatable bonds is 0. The Balaban J connectivity index is 2.08. The first-order valence-corrected chi connectivity index (χ1v) is 3.87. The second kappa shape index (κ2) is 1.77. The van der Waals surface area contributed by atoms with Gasteiger partial charge in [-0.15, -0.1) is 0 Å². The third-order valence-corrected chi connectivity index (χ3v) is 2.65. The van der Waals surface area contributed by atoms with E-state index in [4.69, 9.17) is 4.74 Å². The van der Waals surface area contributed by atoms with Gasteiger partial charge in [-0.1, -0.05) is 12.2 Å². The smallest absolute Gasteiger partial charge is 0.320 e. The minimum absolute atomic E-state index is 0.223. The molecular formula is C8H6O4. The van der Waals surface area contributed by atoms with Crippen LogP contribution in [0.3, 0.4) is 0 Å². The highest BCUT2D eigenvalue weighted by Gasteiger charge is 2.59. The Morgan fingerprint density at radius 2 is 1.50 bits per heavy atom. The van der Waals surface area contributed by atoms with Crippen molar-refractivity contribution in [1.29, 1.82) is 0 Å². The highest BCUT2D eigenvalue weighted by atomic mass is 16.6. The Morgan fingerprint density at radius 3 is 2.00 bits per heavy atom. The van der Waals surface area contributed by atoms with E-state index in [1.165, 1.54) is 0 Å². The van der Waals surface area contributed by atoms with Crippen LogP contribution in [0.2, 0.25) is 0 Å². The summed E-state index contributed by atoms with van der Waals surface area (Å²) in [5, 5.41) is 0.